The Labute approximate surface area is 210 Å². The third-order valence-electron chi connectivity index (χ3n) is 5.21. The van der Waals surface area contributed by atoms with Crippen molar-refractivity contribution in [3.8, 4) is 11.5 Å². The van der Waals surface area contributed by atoms with E-state index in [1.54, 1.807) is 43.3 Å². The average molecular weight is 491 g/mol. The van der Waals surface area contributed by atoms with Crippen molar-refractivity contribution in [1.82, 2.24) is 0 Å². The van der Waals surface area contributed by atoms with Crippen LogP contribution in [0.25, 0.3) is 0 Å². The van der Waals surface area contributed by atoms with Gasteiger partial charge >= 0.3 is 6.16 Å². The number of hydrogen-bond acceptors (Lipinski definition) is 6. The van der Waals surface area contributed by atoms with Gasteiger partial charge in [-0.15, -0.1) is 0 Å². The van der Waals surface area contributed by atoms with Crippen molar-refractivity contribution in [1.29, 1.82) is 0 Å². The van der Waals surface area contributed by atoms with Crippen molar-refractivity contribution in [3.05, 3.63) is 83.4 Å². The topological polar surface area (TPSA) is 103 Å². The van der Waals surface area contributed by atoms with Crippen LogP contribution in [-0.2, 0) is 9.53 Å². The van der Waals surface area contributed by atoms with Gasteiger partial charge in [-0.3, -0.25) is 9.59 Å². The fourth-order valence-electron chi connectivity index (χ4n) is 3.42. The molecular formula is C28H30N2O6. The minimum atomic E-state index is -0.799. The molecule has 0 saturated carbocycles. The minimum Gasteiger partial charge on any atom is -0.493 e. The predicted molar refractivity (Wildman–Crippen MR) is 138 cm³/mol. The fraction of sp³-hybridized carbons (Fsp3) is 0.250. The van der Waals surface area contributed by atoms with E-state index in [1.165, 1.54) is 12.1 Å². The Hall–Kier alpha value is -4.33. The van der Waals surface area contributed by atoms with Gasteiger partial charge < -0.3 is 24.8 Å². The zero-order chi connectivity index (χ0) is 25.9. The molecule has 2 N–H and O–H groups in total. The molecule has 0 fully saturated rings. The van der Waals surface area contributed by atoms with Crippen LogP contribution in [0.2, 0.25) is 0 Å². The molecule has 3 aromatic carbocycles. The highest BCUT2D eigenvalue weighted by molar-refractivity contribution is 6.04. The van der Waals surface area contributed by atoms with Gasteiger partial charge in [0, 0.05) is 23.4 Å². The quantitative estimate of drug-likeness (QED) is 0.209. The van der Waals surface area contributed by atoms with Gasteiger partial charge in [-0.05, 0) is 86.8 Å². The molecule has 0 unspecified atom stereocenters. The summed E-state index contributed by atoms with van der Waals surface area (Å²) in [7, 11) is 0. The maximum atomic E-state index is 12.5. The maximum absolute atomic E-state index is 12.5. The second-order valence-electron chi connectivity index (χ2n) is 8.06. The number of ether oxygens (including phenoxy) is 3. The third-order valence-corrected chi connectivity index (χ3v) is 5.21. The second-order valence-corrected chi connectivity index (χ2v) is 8.06. The van der Waals surface area contributed by atoms with E-state index in [-0.39, 0.29) is 24.2 Å². The summed E-state index contributed by atoms with van der Waals surface area (Å²) in [6.45, 7) is 6.35. The maximum Gasteiger partial charge on any atom is 0.513 e. The summed E-state index contributed by atoms with van der Waals surface area (Å²) >= 11 is 0. The van der Waals surface area contributed by atoms with Gasteiger partial charge in [-0.25, -0.2) is 4.79 Å². The van der Waals surface area contributed by atoms with Crippen LogP contribution in [0.1, 0.15) is 41.3 Å². The number of nitrogens with one attached hydrogen (secondary N) is 2. The van der Waals surface area contributed by atoms with Crippen molar-refractivity contribution < 1.29 is 28.6 Å². The molecule has 3 aromatic rings. The van der Waals surface area contributed by atoms with Gasteiger partial charge in [-0.2, -0.15) is 0 Å². The summed E-state index contributed by atoms with van der Waals surface area (Å²) in [5.41, 5.74) is 3.76. The Kier molecular flexibility index (Phi) is 9.45. The minimum absolute atomic E-state index is 0.109. The van der Waals surface area contributed by atoms with E-state index in [2.05, 4.69) is 10.6 Å². The molecule has 0 aliphatic rings. The van der Waals surface area contributed by atoms with Crippen LogP contribution in [0.5, 0.6) is 11.5 Å². The highest BCUT2D eigenvalue weighted by atomic mass is 16.7. The molecule has 188 valence electrons. The largest absolute Gasteiger partial charge is 0.513 e. The zero-order valence-corrected chi connectivity index (χ0v) is 20.6. The first-order valence-electron chi connectivity index (χ1n) is 11.7. The number of benzene rings is 3. The molecule has 0 atom stereocenters. The molecule has 0 radical (unpaired) electrons. The first kappa shape index (κ1) is 26.3. The molecule has 8 nitrogen and oxygen atoms in total. The van der Waals surface area contributed by atoms with E-state index in [1.807, 2.05) is 32.0 Å². The van der Waals surface area contributed by atoms with Crippen LogP contribution < -0.4 is 20.1 Å². The monoisotopic (exact) mass is 490 g/mol. The number of amides is 2. The lowest BCUT2D eigenvalue weighted by Crippen LogP contribution is -2.14. The number of anilines is 2. The van der Waals surface area contributed by atoms with E-state index in [0.29, 0.717) is 36.4 Å². The smallest absolute Gasteiger partial charge is 0.493 e. The normalized spacial score (nSPS) is 10.3. The van der Waals surface area contributed by atoms with Gasteiger partial charge in [0.2, 0.25) is 5.91 Å². The van der Waals surface area contributed by atoms with Crippen molar-refractivity contribution in [2.24, 2.45) is 0 Å². The van der Waals surface area contributed by atoms with Crippen molar-refractivity contribution in [3.63, 3.8) is 0 Å². The Morgan fingerprint density at radius 3 is 2.03 bits per heavy atom. The Bertz CT molecular complexity index is 1170. The Balaban J connectivity index is 1.42. The van der Waals surface area contributed by atoms with E-state index in [0.717, 1.165) is 16.9 Å². The molecule has 36 heavy (non-hydrogen) atoms. The fourth-order valence-corrected chi connectivity index (χ4v) is 3.42. The Morgan fingerprint density at radius 1 is 0.806 bits per heavy atom. The first-order chi connectivity index (χ1) is 17.4. The third kappa shape index (κ3) is 7.87. The SMILES string of the molecule is CCOC(=O)Oc1ccc(C(=O)Nc2ccc(NC(=O)CCCOc3c(C)cccc3C)cc2)cc1. The summed E-state index contributed by atoms with van der Waals surface area (Å²) in [4.78, 5) is 36.1. The van der Waals surface area contributed by atoms with Gasteiger partial charge in [0.1, 0.15) is 11.5 Å². The lowest BCUT2D eigenvalue weighted by molar-refractivity contribution is -0.116. The number of rotatable bonds is 10. The molecule has 0 aliphatic carbocycles. The van der Waals surface area contributed by atoms with Gasteiger partial charge in [0.15, 0.2) is 0 Å². The average Bonchev–Trinajstić information content (AvgIpc) is 2.85. The second kappa shape index (κ2) is 12.9. The number of carbonyl (C=O) groups excluding carboxylic acids is 3. The molecule has 0 spiro atoms. The molecule has 0 saturated heterocycles. The zero-order valence-electron chi connectivity index (χ0n) is 20.6. The standard InChI is InChI=1S/C28H30N2O6/c1-4-34-28(33)36-24-16-10-21(11-17-24)27(32)30-23-14-12-22(13-15-23)29-25(31)9-6-18-35-26-19(2)7-5-8-20(26)3/h5,7-8,10-17H,4,6,9,18H2,1-3H3,(H,29,31)(H,30,32). The van der Waals surface area contributed by atoms with Crippen molar-refractivity contribution in [2.75, 3.05) is 23.8 Å². The summed E-state index contributed by atoms with van der Waals surface area (Å²) in [6.07, 6.45) is 0.129. The van der Waals surface area contributed by atoms with E-state index in [4.69, 9.17) is 14.2 Å². The summed E-state index contributed by atoms with van der Waals surface area (Å²) in [5, 5.41) is 5.63. The van der Waals surface area contributed by atoms with Crippen LogP contribution in [0.15, 0.2) is 66.7 Å². The van der Waals surface area contributed by atoms with Crippen LogP contribution in [-0.4, -0.2) is 31.2 Å². The summed E-state index contributed by atoms with van der Waals surface area (Å²) in [5.74, 6) is 0.721. The van der Waals surface area contributed by atoms with E-state index < -0.39 is 6.16 Å². The van der Waals surface area contributed by atoms with Crippen LogP contribution in [0, 0.1) is 13.8 Å². The number of carbonyl (C=O) groups is 3. The van der Waals surface area contributed by atoms with Crippen LogP contribution in [0.4, 0.5) is 16.2 Å². The molecular weight excluding hydrogens is 460 g/mol. The van der Waals surface area contributed by atoms with Crippen LogP contribution >= 0.6 is 0 Å². The molecule has 0 heterocycles. The van der Waals surface area contributed by atoms with Crippen molar-refractivity contribution >= 4 is 29.3 Å². The number of hydrogen-bond donors (Lipinski definition) is 2. The molecule has 3 rings (SSSR count). The molecule has 0 aromatic heterocycles. The van der Waals surface area contributed by atoms with Crippen molar-refractivity contribution in [2.45, 2.75) is 33.6 Å². The predicted octanol–water partition coefficient (Wildman–Crippen LogP) is 5.89. The van der Waals surface area contributed by atoms with Crippen LogP contribution in [0.3, 0.4) is 0 Å². The van der Waals surface area contributed by atoms with E-state index >= 15 is 0 Å². The highest BCUT2D eigenvalue weighted by Gasteiger charge is 2.10. The van der Waals surface area contributed by atoms with Gasteiger partial charge in [0.25, 0.3) is 5.91 Å². The summed E-state index contributed by atoms with van der Waals surface area (Å²) in [6, 6.07) is 18.9. The first-order valence-corrected chi connectivity index (χ1v) is 11.7. The number of para-hydroxylation sites is 1. The number of aryl methyl sites for hydroxylation is 2. The lowest BCUT2D eigenvalue weighted by Gasteiger charge is -2.12. The molecule has 2 amide bonds. The highest BCUT2D eigenvalue weighted by Crippen LogP contribution is 2.22. The molecule has 0 bridgehead atoms. The molecule has 0 aliphatic heterocycles. The van der Waals surface area contributed by atoms with Gasteiger partial charge in [-0.1, -0.05) is 18.2 Å². The lowest BCUT2D eigenvalue weighted by atomic mass is 10.1. The molecule has 8 heteroatoms. The van der Waals surface area contributed by atoms with Gasteiger partial charge in [0.05, 0.1) is 13.2 Å². The summed E-state index contributed by atoms with van der Waals surface area (Å²) < 4.78 is 15.5. The van der Waals surface area contributed by atoms with E-state index in [9.17, 15) is 14.4 Å². The Morgan fingerprint density at radius 2 is 1.42 bits per heavy atom.